The van der Waals surface area contributed by atoms with Gasteiger partial charge in [-0.3, -0.25) is 14.5 Å². The van der Waals surface area contributed by atoms with Crippen molar-refractivity contribution in [2.75, 3.05) is 53.7 Å². The molecule has 1 aliphatic rings. The van der Waals surface area contributed by atoms with Crippen LogP contribution in [0.1, 0.15) is 19.4 Å². The van der Waals surface area contributed by atoms with Gasteiger partial charge in [0.15, 0.2) is 0 Å². The fourth-order valence-electron chi connectivity index (χ4n) is 3.05. The van der Waals surface area contributed by atoms with E-state index in [1.54, 1.807) is 19.1 Å². The predicted octanol–water partition coefficient (Wildman–Crippen LogP) is 1.93. The maximum absolute atomic E-state index is 13.4. The second-order valence-corrected chi connectivity index (χ2v) is 6.88. The lowest BCUT2D eigenvalue weighted by atomic mass is 10.0. The van der Waals surface area contributed by atoms with Gasteiger partial charge in [0.25, 0.3) is 11.8 Å². The Balaban J connectivity index is 2.42. The number of hydrogen-bond donors (Lipinski definition) is 0. The number of imide groups is 1. The molecule has 0 saturated carbocycles. The van der Waals surface area contributed by atoms with Gasteiger partial charge in [0.05, 0.1) is 38.0 Å². The molecule has 1 aliphatic heterocycles. The smallest absolute Gasteiger partial charge is 0.277 e. The SMILES string of the molecule is COCCN(CCOC)C1=C(c2ccc(F)cc2)C(=O)N(CCOC(C)C)C1=O. The van der Waals surface area contributed by atoms with Gasteiger partial charge in [-0.25, -0.2) is 4.39 Å². The Hall–Kier alpha value is -2.29. The highest BCUT2D eigenvalue weighted by atomic mass is 19.1. The molecule has 2 rings (SSSR count). The zero-order valence-corrected chi connectivity index (χ0v) is 17.4. The van der Waals surface area contributed by atoms with E-state index >= 15 is 0 Å². The summed E-state index contributed by atoms with van der Waals surface area (Å²) in [5.74, 6) is -1.22. The quantitative estimate of drug-likeness (QED) is 0.493. The van der Waals surface area contributed by atoms with Gasteiger partial charge in [-0.1, -0.05) is 12.1 Å². The summed E-state index contributed by atoms with van der Waals surface area (Å²) < 4.78 is 29.3. The zero-order valence-electron chi connectivity index (χ0n) is 17.4. The molecule has 0 bridgehead atoms. The molecule has 0 N–H and O–H groups in total. The molecule has 7 nitrogen and oxygen atoms in total. The lowest BCUT2D eigenvalue weighted by molar-refractivity contribution is -0.138. The second kappa shape index (κ2) is 11.0. The van der Waals surface area contributed by atoms with Crippen LogP contribution in [0.5, 0.6) is 0 Å². The molecule has 0 aromatic heterocycles. The third-order valence-electron chi connectivity index (χ3n) is 4.49. The highest BCUT2D eigenvalue weighted by molar-refractivity contribution is 6.35. The predicted molar refractivity (Wildman–Crippen MR) is 106 cm³/mol. The van der Waals surface area contributed by atoms with Crippen LogP contribution >= 0.6 is 0 Å². The Kier molecular flexibility index (Phi) is 8.75. The van der Waals surface area contributed by atoms with E-state index in [-0.39, 0.29) is 30.5 Å². The van der Waals surface area contributed by atoms with E-state index < -0.39 is 17.6 Å². The highest BCUT2D eigenvalue weighted by Gasteiger charge is 2.41. The molecule has 2 amide bonds. The molecule has 0 spiro atoms. The van der Waals surface area contributed by atoms with E-state index in [9.17, 15) is 14.0 Å². The van der Waals surface area contributed by atoms with E-state index in [1.807, 2.05) is 13.8 Å². The number of rotatable bonds is 12. The topological polar surface area (TPSA) is 68.3 Å². The summed E-state index contributed by atoms with van der Waals surface area (Å²) in [5.41, 5.74) is 1.03. The molecule has 0 aliphatic carbocycles. The number of ether oxygens (including phenoxy) is 3. The summed E-state index contributed by atoms with van der Waals surface area (Å²) in [7, 11) is 3.14. The Bertz CT molecular complexity index is 725. The monoisotopic (exact) mass is 408 g/mol. The number of carbonyl (C=O) groups is 2. The standard InChI is InChI=1S/C21H29FN2O5/c1-15(2)29-14-11-24-20(25)18(16-5-7-17(22)8-6-16)19(21(24)26)23(9-12-27-3)10-13-28-4/h5-8,15H,9-14H2,1-4H3. The molecule has 0 unspecified atom stereocenters. The van der Waals surface area contributed by atoms with Crippen LogP contribution in [0.2, 0.25) is 0 Å². The fraction of sp³-hybridized carbons (Fsp3) is 0.524. The van der Waals surface area contributed by atoms with E-state index in [0.29, 0.717) is 31.9 Å². The largest absolute Gasteiger partial charge is 0.383 e. The van der Waals surface area contributed by atoms with E-state index in [0.717, 1.165) is 0 Å². The molecular formula is C21H29FN2O5. The van der Waals surface area contributed by atoms with Gasteiger partial charge in [0.1, 0.15) is 11.5 Å². The first-order valence-corrected chi connectivity index (χ1v) is 9.61. The minimum Gasteiger partial charge on any atom is -0.383 e. The van der Waals surface area contributed by atoms with Crippen molar-refractivity contribution in [3.63, 3.8) is 0 Å². The van der Waals surface area contributed by atoms with Crippen molar-refractivity contribution in [1.29, 1.82) is 0 Å². The molecule has 0 atom stereocenters. The summed E-state index contributed by atoms with van der Waals surface area (Å²) in [6, 6.07) is 5.57. The molecule has 0 radical (unpaired) electrons. The molecule has 160 valence electrons. The van der Waals surface area contributed by atoms with Gasteiger partial charge in [-0.05, 0) is 31.5 Å². The Morgan fingerprint density at radius 1 is 0.966 bits per heavy atom. The van der Waals surface area contributed by atoms with Crippen molar-refractivity contribution in [2.24, 2.45) is 0 Å². The van der Waals surface area contributed by atoms with Crippen molar-refractivity contribution in [3.8, 4) is 0 Å². The average molecular weight is 408 g/mol. The summed E-state index contributed by atoms with van der Waals surface area (Å²) in [5, 5.41) is 0. The van der Waals surface area contributed by atoms with Gasteiger partial charge >= 0.3 is 0 Å². The van der Waals surface area contributed by atoms with Crippen LogP contribution in [0.4, 0.5) is 4.39 Å². The van der Waals surface area contributed by atoms with Crippen LogP contribution < -0.4 is 0 Å². The number of methoxy groups -OCH3 is 2. The van der Waals surface area contributed by atoms with Gasteiger partial charge in [0, 0.05) is 27.3 Å². The summed E-state index contributed by atoms with van der Waals surface area (Å²) in [6.07, 6.45) is -0.00768. The first kappa shape index (κ1) is 23.0. The van der Waals surface area contributed by atoms with Crippen LogP contribution in [0, 0.1) is 5.82 Å². The van der Waals surface area contributed by atoms with Crippen molar-refractivity contribution in [3.05, 3.63) is 41.3 Å². The average Bonchev–Trinajstić information content (AvgIpc) is 2.93. The fourth-order valence-corrected chi connectivity index (χ4v) is 3.05. The van der Waals surface area contributed by atoms with Crippen molar-refractivity contribution >= 4 is 17.4 Å². The third-order valence-corrected chi connectivity index (χ3v) is 4.49. The second-order valence-electron chi connectivity index (χ2n) is 6.88. The normalized spacial score (nSPS) is 14.5. The molecular weight excluding hydrogens is 379 g/mol. The minimum absolute atomic E-state index is 0.00768. The van der Waals surface area contributed by atoms with Crippen LogP contribution in [0.25, 0.3) is 5.57 Å². The van der Waals surface area contributed by atoms with Crippen LogP contribution in [-0.2, 0) is 23.8 Å². The van der Waals surface area contributed by atoms with Gasteiger partial charge < -0.3 is 19.1 Å². The number of hydrogen-bond acceptors (Lipinski definition) is 6. The Labute approximate surface area is 171 Å². The number of nitrogens with zero attached hydrogens (tertiary/aromatic N) is 2. The number of amides is 2. The van der Waals surface area contributed by atoms with Crippen LogP contribution in [0.15, 0.2) is 30.0 Å². The molecule has 0 saturated heterocycles. The Morgan fingerprint density at radius 3 is 2.07 bits per heavy atom. The highest BCUT2D eigenvalue weighted by Crippen LogP contribution is 2.31. The molecule has 1 aromatic rings. The van der Waals surface area contributed by atoms with Crippen molar-refractivity contribution in [1.82, 2.24) is 9.80 Å². The van der Waals surface area contributed by atoms with Crippen LogP contribution in [-0.4, -0.2) is 81.4 Å². The summed E-state index contributed by atoms with van der Waals surface area (Å²) in [6.45, 7) is 5.74. The van der Waals surface area contributed by atoms with E-state index in [1.165, 1.54) is 29.2 Å². The molecule has 8 heteroatoms. The number of carbonyl (C=O) groups excluding carboxylic acids is 2. The van der Waals surface area contributed by atoms with E-state index in [2.05, 4.69) is 0 Å². The summed E-state index contributed by atoms with van der Waals surface area (Å²) >= 11 is 0. The van der Waals surface area contributed by atoms with Gasteiger partial charge in [-0.2, -0.15) is 0 Å². The molecule has 0 fully saturated rings. The van der Waals surface area contributed by atoms with Gasteiger partial charge in [-0.15, -0.1) is 0 Å². The number of benzene rings is 1. The van der Waals surface area contributed by atoms with Crippen molar-refractivity contribution < 1.29 is 28.2 Å². The summed E-state index contributed by atoms with van der Waals surface area (Å²) in [4.78, 5) is 29.3. The van der Waals surface area contributed by atoms with Crippen LogP contribution in [0.3, 0.4) is 0 Å². The maximum Gasteiger partial charge on any atom is 0.277 e. The van der Waals surface area contributed by atoms with Crippen molar-refractivity contribution in [2.45, 2.75) is 20.0 Å². The molecule has 1 heterocycles. The lowest BCUT2D eigenvalue weighted by Crippen LogP contribution is -2.39. The molecule has 1 aromatic carbocycles. The molecule has 29 heavy (non-hydrogen) atoms. The van der Waals surface area contributed by atoms with Gasteiger partial charge in [0.2, 0.25) is 0 Å². The lowest BCUT2D eigenvalue weighted by Gasteiger charge is -2.25. The van der Waals surface area contributed by atoms with E-state index in [4.69, 9.17) is 14.2 Å². The number of halogens is 1. The first-order valence-electron chi connectivity index (χ1n) is 9.61. The zero-order chi connectivity index (χ0) is 21.4. The Morgan fingerprint density at radius 2 is 1.55 bits per heavy atom. The maximum atomic E-state index is 13.4. The minimum atomic E-state index is -0.413. The first-order chi connectivity index (χ1) is 13.9. The third kappa shape index (κ3) is 5.85.